The first-order valence-corrected chi connectivity index (χ1v) is 11.6. The normalized spacial score (nSPS) is 13.0. The van der Waals surface area contributed by atoms with Crippen molar-refractivity contribution in [2.24, 2.45) is 0 Å². The number of alkyl carbamates (subject to hydrolysis) is 1. The summed E-state index contributed by atoms with van der Waals surface area (Å²) < 4.78 is 5.60. The number of benzene rings is 2. The van der Waals surface area contributed by atoms with Gasteiger partial charge in [-0.1, -0.05) is 68.8 Å². The Labute approximate surface area is 194 Å². The number of rotatable bonds is 11. The third kappa shape index (κ3) is 6.12. The van der Waals surface area contributed by atoms with E-state index in [1.165, 1.54) is 4.90 Å². The lowest BCUT2D eigenvalue weighted by Crippen LogP contribution is -2.43. The SMILES string of the molecule is CCCC(CC(=O)N(CCC)CC(=O)O)NC(=O)OCC1c2ccccc2-c2ccccc21. The van der Waals surface area contributed by atoms with Crippen molar-refractivity contribution in [3.63, 3.8) is 0 Å². The van der Waals surface area contributed by atoms with E-state index in [1.54, 1.807) is 0 Å². The van der Waals surface area contributed by atoms with Gasteiger partial charge in [0.05, 0.1) is 0 Å². The quantitative estimate of drug-likeness (QED) is 0.527. The predicted octanol–water partition coefficient (Wildman–Crippen LogP) is 4.41. The molecule has 0 aromatic heterocycles. The van der Waals surface area contributed by atoms with Crippen LogP contribution in [0.4, 0.5) is 4.79 Å². The van der Waals surface area contributed by atoms with E-state index in [2.05, 4.69) is 29.6 Å². The Hall–Kier alpha value is -3.35. The number of carbonyl (C=O) groups excluding carboxylic acids is 2. The minimum atomic E-state index is -1.05. The molecular formula is C26H32N2O5. The fourth-order valence-electron chi connectivity index (χ4n) is 4.45. The molecule has 176 valence electrons. The molecule has 0 radical (unpaired) electrons. The number of carboxylic acid groups (broad SMARTS) is 1. The molecule has 1 unspecified atom stereocenters. The molecule has 2 aromatic carbocycles. The fraction of sp³-hybridized carbons (Fsp3) is 0.423. The molecule has 0 fully saturated rings. The van der Waals surface area contributed by atoms with Crippen LogP contribution in [0.2, 0.25) is 0 Å². The number of hydrogen-bond donors (Lipinski definition) is 2. The summed E-state index contributed by atoms with van der Waals surface area (Å²) in [5.74, 6) is -1.37. The average Bonchev–Trinajstić information content (AvgIpc) is 3.11. The van der Waals surface area contributed by atoms with Gasteiger partial charge in [-0.15, -0.1) is 0 Å². The van der Waals surface area contributed by atoms with Crippen molar-refractivity contribution in [1.29, 1.82) is 0 Å². The lowest BCUT2D eigenvalue weighted by Gasteiger charge is -2.24. The van der Waals surface area contributed by atoms with Crippen LogP contribution >= 0.6 is 0 Å². The van der Waals surface area contributed by atoms with E-state index in [1.807, 2.05) is 38.1 Å². The number of carbonyl (C=O) groups is 3. The summed E-state index contributed by atoms with van der Waals surface area (Å²) >= 11 is 0. The Morgan fingerprint density at radius 3 is 2.15 bits per heavy atom. The van der Waals surface area contributed by atoms with Crippen LogP contribution in [0.25, 0.3) is 11.1 Å². The van der Waals surface area contributed by atoms with E-state index in [4.69, 9.17) is 9.84 Å². The second-order valence-electron chi connectivity index (χ2n) is 8.37. The van der Waals surface area contributed by atoms with Crippen LogP contribution in [0.15, 0.2) is 48.5 Å². The third-order valence-corrected chi connectivity index (χ3v) is 5.90. The largest absolute Gasteiger partial charge is 0.480 e. The summed E-state index contributed by atoms with van der Waals surface area (Å²) in [6.07, 6.45) is 1.52. The van der Waals surface area contributed by atoms with Crippen LogP contribution in [-0.4, -0.2) is 53.7 Å². The zero-order valence-electron chi connectivity index (χ0n) is 19.3. The van der Waals surface area contributed by atoms with Gasteiger partial charge in [0.15, 0.2) is 0 Å². The molecule has 0 heterocycles. The zero-order chi connectivity index (χ0) is 23.8. The van der Waals surface area contributed by atoms with E-state index >= 15 is 0 Å². The van der Waals surface area contributed by atoms with Crippen molar-refractivity contribution in [2.45, 2.75) is 51.5 Å². The molecule has 1 aliphatic rings. The molecule has 0 bridgehead atoms. The van der Waals surface area contributed by atoms with Crippen molar-refractivity contribution >= 4 is 18.0 Å². The van der Waals surface area contributed by atoms with Crippen LogP contribution in [0, 0.1) is 0 Å². The molecule has 33 heavy (non-hydrogen) atoms. The van der Waals surface area contributed by atoms with Crippen molar-refractivity contribution in [2.75, 3.05) is 19.7 Å². The van der Waals surface area contributed by atoms with Gasteiger partial charge in [-0.2, -0.15) is 0 Å². The molecule has 2 amide bonds. The molecule has 7 nitrogen and oxygen atoms in total. The minimum absolute atomic E-state index is 0.0370. The molecule has 0 aliphatic heterocycles. The number of hydrogen-bond acceptors (Lipinski definition) is 4. The van der Waals surface area contributed by atoms with Gasteiger partial charge in [0.1, 0.15) is 13.2 Å². The van der Waals surface area contributed by atoms with Gasteiger partial charge in [0.25, 0.3) is 0 Å². The van der Waals surface area contributed by atoms with Crippen LogP contribution in [0.5, 0.6) is 0 Å². The Kier molecular flexibility index (Phi) is 8.46. The molecule has 1 aliphatic carbocycles. The van der Waals surface area contributed by atoms with Crippen molar-refractivity contribution < 1.29 is 24.2 Å². The first-order valence-electron chi connectivity index (χ1n) is 11.6. The molecule has 1 atom stereocenters. The Morgan fingerprint density at radius 2 is 1.61 bits per heavy atom. The van der Waals surface area contributed by atoms with Gasteiger partial charge < -0.3 is 20.1 Å². The topological polar surface area (TPSA) is 95.9 Å². The van der Waals surface area contributed by atoms with Gasteiger partial charge >= 0.3 is 12.1 Å². The molecule has 2 aromatic rings. The number of aliphatic carboxylic acids is 1. The highest BCUT2D eigenvalue weighted by atomic mass is 16.5. The van der Waals surface area contributed by atoms with E-state index < -0.39 is 18.1 Å². The minimum Gasteiger partial charge on any atom is -0.480 e. The molecular weight excluding hydrogens is 420 g/mol. The summed E-state index contributed by atoms with van der Waals surface area (Å²) in [6.45, 7) is 4.09. The van der Waals surface area contributed by atoms with E-state index in [0.29, 0.717) is 19.4 Å². The summed E-state index contributed by atoms with van der Waals surface area (Å²) in [6, 6.07) is 15.8. The summed E-state index contributed by atoms with van der Waals surface area (Å²) in [5, 5.41) is 11.9. The van der Waals surface area contributed by atoms with E-state index in [9.17, 15) is 14.4 Å². The number of nitrogens with one attached hydrogen (secondary N) is 1. The third-order valence-electron chi connectivity index (χ3n) is 5.90. The monoisotopic (exact) mass is 452 g/mol. The standard InChI is InChI=1S/C26H32N2O5/c1-3-9-18(15-24(29)28(14-4-2)16-25(30)31)27-26(32)33-17-23-21-12-7-5-10-19(21)20-11-6-8-13-22(20)23/h5-8,10-13,18,23H,3-4,9,14-17H2,1-2H3,(H,27,32)(H,30,31). The number of carboxylic acids is 1. The van der Waals surface area contributed by atoms with E-state index in [0.717, 1.165) is 28.7 Å². The molecule has 0 spiro atoms. The molecule has 2 N–H and O–H groups in total. The van der Waals surface area contributed by atoms with E-state index in [-0.39, 0.29) is 31.4 Å². The van der Waals surface area contributed by atoms with Gasteiger partial charge in [-0.05, 0) is 35.1 Å². The Bertz CT molecular complexity index is 945. The maximum Gasteiger partial charge on any atom is 0.407 e. The maximum atomic E-state index is 12.6. The first-order chi connectivity index (χ1) is 15.9. The highest BCUT2D eigenvalue weighted by Crippen LogP contribution is 2.44. The molecule has 0 saturated carbocycles. The van der Waals surface area contributed by atoms with Gasteiger partial charge in [0.2, 0.25) is 5.91 Å². The van der Waals surface area contributed by atoms with Gasteiger partial charge in [-0.25, -0.2) is 4.79 Å². The lowest BCUT2D eigenvalue weighted by molar-refractivity contribution is -0.144. The number of fused-ring (bicyclic) bond motifs is 3. The number of nitrogens with zero attached hydrogens (tertiary/aromatic N) is 1. The predicted molar refractivity (Wildman–Crippen MR) is 126 cm³/mol. The zero-order valence-corrected chi connectivity index (χ0v) is 19.3. The van der Waals surface area contributed by atoms with Gasteiger partial charge in [-0.3, -0.25) is 9.59 Å². The Balaban J connectivity index is 1.61. The van der Waals surface area contributed by atoms with Crippen molar-refractivity contribution in [1.82, 2.24) is 10.2 Å². The van der Waals surface area contributed by atoms with Crippen LogP contribution < -0.4 is 5.32 Å². The summed E-state index contributed by atoms with van der Waals surface area (Å²) in [4.78, 5) is 37.7. The van der Waals surface area contributed by atoms with Crippen LogP contribution in [0.1, 0.15) is 56.6 Å². The summed E-state index contributed by atoms with van der Waals surface area (Å²) in [5.41, 5.74) is 4.59. The van der Waals surface area contributed by atoms with Crippen LogP contribution in [-0.2, 0) is 14.3 Å². The number of ether oxygens (including phenoxy) is 1. The first kappa shape index (κ1) is 24.3. The Morgan fingerprint density at radius 1 is 1.00 bits per heavy atom. The molecule has 7 heteroatoms. The summed E-state index contributed by atoms with van der Waals surface area (Å²) in [7, 11) is 0. The number of amides is 2. The van der Waals surface area contributed by atoms with Crippen molar-refractivity contribution in [3.8, 4) is 11.1 Å². The maximum absolute atomic E-state index is 12.6. The highest BCUT2D eigenvalue weighted by molar-refractivity contribution is 5.82. The lowest BCUT2D eigenvalue weighted by atomic mass is 9.98. The molecule has 3 rings (SSSR count). The van der Waals surface area contributed by atoms with Gasteiger partial charge in [0, 0.05) is 24.9 Å². The fourth-order valence-corrected chi connectivity index (χ4v) is 4.45. The second-order valence-corrected chi connectivity index (χ2v) is 8.37. The second kappa shape index (κ2) is 11.5. The molecule has 0 saturated heterocycles. The van der Waals surface area contributed by atoms with Crippen LogP contribution in [0.3, 0.4) is 0 Å². The highest BCUT2D eigenvalue weighted by Gasteiger charge is 2.29. The average molecular weight is 453 g/mol. The van der Waals surface area contributed by atoms with Crippen molar-refractivity contribution in [3.05, 3.63) is 59.7 Å². The smallest absolute Gasteiger partial charge is 0.407 e.